The highest BCUT2D eigenvalue weighted by Crippen LogP contribution is 2.24. The minimum absolute atomic E-state index is 0.303. The maximum Gasteiger partial charge on any atom is 0.101 e. The third kappa shape index (κ3) is 3.39. The molecular weight excluding hydrogens is 238 g/mol. The third-order valence-corrected chi connectivity index (χ3v) is 3.46. The first-order valence-corrected chi connectivity index (χ1v) is 6.90. The predicted molar refractivity (Wildman–Crippen MR) is 77.0 cm³/mol. The van der Waals surface area contributed by atoms with E-state index in [1.165, 1.54) is 0 Å². The van der Waals surface area contributed by atoms with E-state index in [0.717, 1.165) is 44.6 Å². The summed E-state index contributed by atoms with van der Waals surface area (Å²) in [6.07, 6.45) is 3.60. The second-order valence-electron chi connectivity index (χ2n) is 4.96. The van der Waals surface area contributed by atoms with E-state index >= 15 is 0 Å². The molecule has 1 aromatic carbocycles. The van der Waals surface area contributed by atoms with Gasteiger partial charge in [-0.15, -0.1) is 0 Å². The van der Waals surface area contributed by atoms with E-state index < -0.39 is 0 Å². The smallest absolute Gasteiger partial charge is 0.101 e. The fourth-order valence-electron chi connectivity index (χ4n) is 2.43. The zero-order valence-corrected chi connectivity index (χ0v) is 11.4. The number of nitrogen functional groups attached to an aromatic ring is 1. The molecule has 2 N–H and O–H groups in total. The van der Waals surface area contributed by atoms with Crippen LogP contribution in [-0.2, 0) is 4.74 Å². The van der Waals surface area contributed by atoms with Crippen LogP contribution in [0.5, 0.6) is 0 Å². The molecule has 19 heavy (non-hydrogen) atoms. The molecule has 1 saturated heterocycles. The molecule has 1 heterocycles. The highest BCUT2D eigenvalue weighted by molar-refractivity contribution is 5.62. The minimum atomic E-state index is 0.303. The Morgan fingerprint density at radius 3 is 3.11 bits per heavy atom. The van der Waals surface area contributed by atoms with Gasteiger partial charge in [-0.3, -0.25) is 0 Å². The molecule has 1 fully saturated rings. The molecule has 0 bridgehead atoms. The fourth-order valence-corrected chi connectivity index (χ4v) is 2.43. The Labute approximate surface area is 114 Å². The molecule has 0 saturated carbocycles. The van der Waals surface area contributed by atoms with Crippen molar-refractivity contribution in [3.05, 3.63) is 23.8 Å². The van der Waals surface area contributed by atoms with Gasteiger partial charge in [0.25, 0.3) is 0 Å². The van der Waals surface area contributed by atoms with Crippen molar-refractivity contribution < 1.29 is 4.74 Å². The van der Waals surface area contributed by atoms with Crippen LogP contribution < -0.4 is 10.6 Å². The number of benzene rings is 1. The molecule has 2 rings (SSSR count). The van der Waals surface area contributed by atoms with Gasteiger partial charge in [-0.1, -0.05) is 6.92 Å². The van der Waals surface area contributed by atoms with Gasteiger partial charge >= 0.3 is 0 Å². The van der Waals surface area contributed by atoms with Gasteiger partial charge in [-0.25, -0.2) is 0 Å². The van der Waals surface area contributed by atoms with Crippen LogP contribution in [0.2, 0.25) is 0 Å². The van der Waals surface area contributed by atoms with E-state index in [0.29, 0.717) is 17.4 Å². The molecular formula is C15H21N3O. The topological polar surface area (TPSA) is 62.3 Å². The van der Waals surface area contributed by atoms with Gasteiger partial charge in [0.2, 0.25) is 0 Å². The van der Waals surface area contributed by atoms with Gasteiger partial charge in [-0.2, -0.15) is 5.26 Å². The molecule has 0 aliphatic carbocycles. The summed E-state index contributed by atoms with van der Waals surface area (Å²) in [5, 5.41) is 9.04. The number of nitrogens with zero attached hydrogens (tertiary/aromatic N) is 2. The number of rotatable bonds is 4. The number of nitrogens with two attached hydrogens (primary N) is 1. The maximum absolute atomic E-state index is 9.04. The Balaban J connectivity index is 2.07. The van der Waals surface area contributed by atoms with Gasteiger partial charge in [-0.05, 0) is 37.5 Å². The monoisotopic (exact) mass is 259 g/mol. The van der Waals surface area contributed by atoms with Gasteiger partial charge in [0.1, 0.15) is 6.07 Å². The van der Waals surface area contributed by atoms with E-state index in [-0.39, 0.29) is 0 Å². The molecule has 4 nitrogen and oxygen atoms in total. The average Bonchev–Trinajstić information content (AvgIpc) is 2.46. The summed E-state index contributed by atoms with van der Waals surface area (Å²) >= 11 is 0. The summed E-state index contributed by atoms with van der Waals surface area (Å²) in [6, 6.07) is 7.80. The van der Waals surface area contributed by atoms with Crippen LogP contribution in [0.1, 0.15) is 31.7 Å². The van der Waals surface area contributed by atoms with Crippen molar-refractivity contribution in [2.24, 2.45) is 0 Å². The minimum Gasteiger partial charge on any atom is -0.398 e. The van der Waals surface area contributed by atoms with Crippen LogP contribution in [0, 0.1) is 11.3 Å². The van der Waals surface area contributed by atoms with E-state index in [9.17, 15) is 0 Å². The lowest BCUT2D eigenvalue weighted by Gasteiger charge is -2.34. The number of hydrogen-bond acceptors (Lipinski definition) is 4. The van der Waals surface area contributed by atoms with Gasteiger partial charge in [0.05, 0.1) is 11.7 Å². The first kappa shape index (κ1) is 13.7. The van der Waals surface area contributed by atoms with Crippen molar-refractivity contribution in [1.82, 2.24) is 0 Å². The van der Waals surface area contributed by atoms with E-state index in [4.69, 9.17) is 15.7 Å². The first-order chi connectivity index (χ1) is 9.24. The number of piperidine rings is 1. The molecule has 102 valence electrons. The summed E-state index contributed by atoms with van der Waals surface area (Å²) in [4.78, 5) is 2.28. The van der Waals surface area contributed by atoms with Crippen LogP contribution in [0.3, 0.4) is 0 Å². The van der Waals surface area contributed by atoms with Crippen molar-refractivity contribution in [1.29, 1.82) is 5.26 Å². The molecule has 1 aliphatic rings. The summed E-state index contributed by atoms with van der Waals surface area (Å²) in [7, 11) is 0. The molecule has 1 aromatic rings. The Morgan fingerprint density at radius 2 is 2.37 bits per heavy atom. The van der Waals surface area contributed by atoms with Crippen molar-refractivity contribution >= 4 is 11.4 Å². The molecule has 4 heteroatoms. The van der Waals surface area contributed by atoms with Gasteiger partial charge in [0.15, 0.2) is 0 Å². The average molecular weight is 259 g/mol. The van der Waals surface area contributed by atoms with Crippen LogP contribution in [0.4, 0.5) is 11.4 Å². The number of ether oxygens (including phenoxy) is 1. The second-order valence-corrected chi connectivity index (χ2v) is 4.96. The third-order valence-electron chi connectivity index (χ3n) is 3.46. The lowest BCUT2D eigenvalue weighted by molar-refractivity contribution is 0.0440. The second kappa shape index (κ2) is 6.44. The van der Waals surface area contributed by atoms with Crippen LogP contribution in [-0.4, -0.2) is 25.8 Å². The van der Waals surface area contributed by atoms with E-state index in [1.807, 2.05) is 18.2 Å². The Hall–Kier alpha value is -1.73. The molecule has 1 aliphatic heterocycles. The van der Waals surface area contributed by atoms with Gasteiger partial charge in [0, 0.05) is 31.1 Å². The number of hydrogen-bond donors (Lipinski definition) is 1. The number of anilines is 2. The summed E-state index contributed by atoms with van der Waals surface area (Å²) < 4.78 is 5.83. The standard InChI is InChI=1S/C15H21N3O/c1-2-8-19-14-4-3-7-18(11-14)13-5-6-15(17)12(9-13)10-16/h5-6,9,14H,2-4,7-8,11,17H2,1H3. The van der Waals surface area contributed by atoms with Crippen molar-refractivity contribution in [2.75, 3.05) is 30.3 Å². The Morgan fingerprint density at radius 1 is 1.53 bits per heavy atom. The highest BCUT2D eigenvalue weighted by Gasteiger charge is 2.20. The molecule has 1 unspecified atom stereocenters. The SMILES string of the molecule is CCCOC1CCCN(c2ccc(N)c(C#N)c2)C1. The fraction of sp³-hybridized carbons (Fsp3) is 0.533. The van der Waals surface area contributed by atoms with Crippen LogP contribution in [0.25, 0.3) is 0 Å². The van der Waals surface area contributed by atoms with E-state index in [2.05, 4.69) is 17.9 Å². The zero-order valence-electron chi connectivity index (χ0n) is 11.4. The lowest BCUT2D eigenvalue weighted by atomic mass is 10.1. The normalized spacial score (nSPS) is 19.2. The summed E-state index contributed by atoms with van der Waals surface area (Å²) in [5.74, 6) is 0. The summed E-state index contributed by atoms with van der Waals surface area (Å²) in [6.45, 7) is 4.86. The predicted octanol–water partition coefficient (Wildman–Crippen LogP) is 2.54. The van der Waals surface area contributed by atoms with Crippen LogP contribution in [0.15, 0.2) is 18.2 Å². The van der Waals surface area contributed by atoms with E-state index in [1.54, 1.807) is 0 Å². The first-order valence-electron chi connectivity index (χ1n) is 6.90. The maximum atomic E-state index is 9.04. The molecule has 0 amide bonds. The van der Waals surface area contributed by atoms with Gasteiger partial charge < -0.3 is 15.4 Å². The van der Waals surface area contributed by atoms with Crippen LogP contribution >= 0.6 is 0 Å². The summed E-state index contributed by atoms with van der Waals surface area (Å²) in [5.41, 5.74) is 7.92. The Kier molecular flexibility index (Phi) is 4.64. The highest BCUT2D eigenvalue weighted by atomic mass is 16.5. The van der Waals surface area contributed by atoms with Crippen molar-refractivity contribution in [3.63, 3.8) is 0 Å². The lowest BCUT2D eigenvalue weighted by Crippen LogP contribution is -2.39. The molecule has 0 spiro atoms. The number of nitriles is 1. The molecule has 0 radical (unpaired) electrons. The molecule has 1 atom stereocenters. The zero-order chi connectivity index (χ0) is 13.7. The quantitative estimate of drug-likeness (QED) is 0.844. The Bertz CT molecular complexity index is 467. The van der Waals surface area contributed by atoms with Crippen molar-refractivity contribution in [3.8, 4) is 6.07 Å². The van der Waals surface area contributed by atoms with Crippen molar-refractivity contribution in [2.45, 2.75) is 32.3 Å². The molecule has 0 aromatic heterocycles. The largest absolute Gasteiger partial charge is 0.398 e.